The maximum Gasteiger partial charge on any atom is 0.335 e. The first-order valence-corrected chi connectivity index (χ1v) is 12.2. The summed E-state index contributed by atoms with van der Waals surface area (Å²) in [5.41, 5.74) is 1.16. The SMILES string of the molecule is O=C1NC(=O)N(c2ccc(Cl)cc2)C(=O)/C1=C/c1cc(Cl)c(OCc2ccc(Cl)cc2Cl)c(Br)c1. The highest BCUT2D eigenvalue weighted by Crippen LogP contribution is 2.36. The number of hydrogen-bond acceptors (Lipinski definition) is 4. The number of rotatable bonds is 5. The topological polar surface area (TPSA) is 75.7 Å². The van der Waals surface area contributed by atoms with E-state index in [-0.39, 0.29) is 22.9 Å². The Labute approximate surface area is 228 Å². The number of imide groups is 2. The molecule has 11 heteroatoms. The number of amides is 4. The number of carbonyl (C=O) groups is 3. The van der Waals surface area contributed by atoms with Gasteiger partial charge in [-0.2, -0.15) is 0 Å². The fourth-order valence-electron chi connectivity index (χ4n) is 3.24. The molecule has 35 heavy (non-hydrogen) atoms. The molecular formula is C24H13BrCl4N2O4. The Hall–Kier alpha value is -2.55. The quantitative estimate of drug-likeness (QED) is 0.242. The summed E-state index contributed by atoms with van der Waals surface area (Å²) in [6.07, 6.45) is 1.34. The molecule has 1 aliphatic rings. The second kappa shape index (κ2) is 10.6. The van der Waals surface area contributed by atoms with Crippen LogP contribution in [0.4, 0.5) is 10.5 Å². The summed E-state index contributed by atoms with van der Waals surface area (Å²) < 4.78 is 6.31. The molecule has 1 saturated heterocycles. The van der Waals surface area contributed by atoms with Crippen molar-refractivity contribution in [3.8, 4) is 5.75 Å². The lowest BCUT2D eigenvalue weighted by Gasteiger charge is -2.26. The van der Waals surface area contributed by atoms with Gasteiger partial charge in [0.2, 0.25) is 0 Å². The van der Waals surface area contributed by atoms with Crippen molar-refractivity contribution in [1.29, 1.82) is 0 Å². The number of urea groups is 1. The predicted molar refractivity (Wildman–Crippen MR) is 140 cm³/mol. The Balaban J connectivity index is 1.60. The molecule has 4 amide bonds. The van der Waals surface area contributed by atoms with Crippen LogP contribution in [-0.2, 0) is 16.2 Å². The van der Waals surface area contributed by atoms with Crippen molar-refractivity contribution in [2.45, 2.75) is 6.61 Å². The summed E-state index contributed by atoms with van der Waals surface area (Å²) in [5, 5.41) is 3.79. The highest BCUT2D eigenvalue weighted by atomic mass is 79.9. The summed E-state index contributed by atoms with van der Waals surface area (Å²) in [4.78, 5) is 38.7. The monoisotopic (exact) mass is 612 g/mol. The number of benzene rings is 3. The minimum Gasteiger partial charge on any atom is -0.486 e. The zero-order valence-corrected chi connectivity index (χ0v) is 22.1. The molecule has 0 bridgehead atoms. The number of carbonyl (C=O) groups excluding carboxylic acids is 3. The molecule has 1 heterocycles. The molecule has 0 unspecified atom stereocenters. The molecule has 3 aromatic carbocycles. The van der Waals surface area contributed by atoms with Crippen LogP contribution in [0.3, 0.4) is 0 Å². The lowest BCUT2D eigenvalue weighted by Crippen LogP contribution is -2.54. The van der Waals surface area contributed by atoms with E-state index in [9.17, 15) is 14.4 Å². The van der Waals surface area contributed by atoms with Gasteiger partial charge in [0.15, 0.2) is 5.75 Å². The molecule has 1 N–H and O–H groups in total. The molecule has 0 atom stereocenters. The van der Waals surface area contributed by atoms with Crippen LogP contribution in [0.25, 0.3) is 6.08 Å². The minimum absolute atomic E-state index is 0.133. The van der Waals surface area contributed by atoms with Crippen LogP contribution in [0, 0.1) is 0 Å². The van der Waals surface area contributed by atoms with Crippen molar-refractivity contribution in [2.24, 2.45) is 0 Å². The lowest BCUT2D eigenvalue weighted by atomic mass is 10.1. The van der Waals surface area contributed by atoms with E-state index in [0.717, 1.165) is 4.90 Å². The van der Waals surface area contributed by atoms with Gasteiger partial charge in [-0.1, -0.05) is 52.5 Å². The zero-order chi connectivity index (χ0) is 25.3. The molecule has 0 radical (unpaired) electrons. The van der Waals surface area contributed by atoms with Crippen LogP contribution in [-0.4, -0.2) is 17.8 Å². The van der Waals surface area contributed by atoms with Gasteiger partial charge in [0, 0.05) is 20.6 Å². The van der Waals surface area contributed by atoms with Gasteiger partial charge in [0.05, 0.1) is 15.2 Å². The van der Waals surface area contributed by atoms with Gasteiger partial charge in [0.1, 0.15) is 12.2 Å². The number of hydrogen-bond donors (Lipinski definition) is 1. The first kappa shape index (κ1) is 25.5. The Morgan fingerprint density at radius 3 is 2.23 bits per heavy atom. The first-order chi connectivity index (χ1) is 16.6. The average molecular weight is 615 g/mol. The van der Waals surface area contributed by atoms with Crippen LogP contribution in [0.1, 0.15) is 11.1 Å². The van der Waals surface area contributed by atoms with Crippen LogP contribution in [0.15, 0.2) is 64.6 Å². The summed E-state index contributed by atoms with van der Waals surface area (Å²) in [5.74, 6) is -1.27. The molecule has 0 spiro atoms. The van der Waals surface area contributed by atoms with Crippen molar-refractivity contribution in [3.05, 3.63) is 95.9 Å². The van der Waals surface area contributed by atoms with Crippen molar-refractivity contribution in [2.75, 3.05) is 4.90 Å². The fourth-order valence-corrected chi connectivity index (χ4v) is 4.82. The number of barbiturate groups is 1. The third kappa shape index (κ3) is 5.66. The molecule has 0 aromatic heterocycles. The summed E-state index contributed by atoms with van der Waals surface area (Å²) in [6, 6.07) is 13.4. The predicted octanol–water partition coefficient (Wildman–Crippen LogP) is 7.31. The lowest BCUT2D eigenvalue weighted by molar-refractivity contribution is -0.122. The van der Waals surface area contributed by atoms with E-state index in [2.05, 4.69) is 21.2 Å². The second-order valence-corrected chi connectivity index (χ2v) is 9.81. The molecular weight excluding hydrogens is 602 g/mol. The van der Waals surface area contributed by atoms with Crippen LogP contribution >= 0.6 is 62.3 Å². The van der Waals surface area contributed by atoms with E-state index < -0.39 is 17.8 Å². The Bertz CT molecular complexity index is 1370. The smallest absolute Gasteiger partial charge is 0.335 e. The van der Waals surface area contributed by atoms with Gasteiger partial charge >= 0.3 is 6.03 Å². The van der Waals surface area contributed by atoms with Crippen molar-refractivity contribution < 1.29 is 19.1 Å². The van der Waals surface area contributed by atoms with E-state index in [4.69, 9.17) is 51.1 Å². The number of nitrogens with zero attached hydrogens (tertiary/aromatic N) is 1. The third-order valence-electron chi connectivity index (χ3n) is 4.91. The summed E-state index contributed by atoms with van der Waals surface area (Å²) in [7, 11) is 0. The van der Waals surface area contributed by atoms with E-state index in [0.29, 0.717) is 36.4 Å². The summed E-state index contributed by atoms with van der Waals surface area (Å²) >= 11 is 27.8. The van der Waals surface area contributed by atoms with Gasteiger partial charge in [0.25, 0.3) is 11.8 Å². The molecule has 0 aliphatic carbocycles. The van der Waals surface area contributed by atoms with E-state index in [1.54, 1.807) is 24.3 Å². The molecule has 3 aromatic rings. The zero-order valence-electron chi connectivity index (χ0n) is 17.5. The van der Waals surface area contributed by atoms with E-state index in [1.165, 1.54) is 36.4 Å². The number of halogens is 5. The van der Waals surface area contributed by atoms with E-state index >= 15 is 0 Å². The van der Waals surface area contributed by atoms with Crippen molar-refractivity contribution in [3.63, 3.8) is 0 Å². The largest absolute Gasteiger partial charge is 0.486 e. The highest BCUT2D eigenvalue weighted by molar-refractivity contribution is 9.10. The van der Waals surface area contributed by atoms with Crippen molar-refractivity contribution in [1.82, 2.24) is 5.32 Å². The van der Waals surface area contributed by atoms with Gasteiger partial charge < -0.3 is 4.74 Å². The van der Waals surface area contributed by atoms with Gasteiger partial charge in [-0.05, 0) is 76.1 Å². The number of ether oxygens (including phenoxy) is 1. The average Bonchev–Trinajstić information content (AvgIpc) is 2.78. The van der Waals surface area contributed by atoms with Crippen LogP contribution in [0.2, 0.25) is 20.1 Å². The molecule has 1 aliphatic heterocycles. The van der Waals surface area contributed by atoms with Crippen LogP contribution < -0.4 is 15.0 Å². The van der Waals surface area contributed by atoms with Gasteiger partial charge in [-0.15, -0.1) is 0 Å². The number of nitrogens with one attached hydrogen (secondary N) is 1. The summed E-state index contributed by atoms with van der Waals surface area (Å²) in [6.45, 7) is 0.133. The number of anilines is 1. The molecule has 6 nitrogen and oxygen atoms in total. The Morgan fingerprint density at radius 2 is 1.57 bits per heavy atom. The van der Waals surface area contributed by atoms with Gasteiger partial charge in [-0.25, -0.2) is 9.69 Å². The minimum atomic E-state index is -0.858. The Kier molecular flexibility index (Phi) is 7.73. The fraction of sp³-hybridized carbons (Fsp3) is 0.0417. The highest BCUT2D eigenvalue weighted by Gasteiger charge is 2.36. The normalized spacial score (nSPS) is 14.9. The maximum absolute atomic E-state index is 13.0. The first-order valence-electron chi connectivity index (χ1n) is 9.87. The van der Waals surface area contributed by atoms with Gasteiger partial charge in [-0.3, -0.25) is 14.9 Å². The molecule has 1 fully saturated rings. The van der Waals surface area contributed by atoms with E-state index in [1.807, 2.05) is 0 Å². The van der Waals surface area contributed by atoms with Crippen LogP contribution in [0.5, 0.6) is 5.75 Å². The third-order valence-corrected chi connectivity index (χ3v) is 6.61. The second-order valence-electron chi connectivity index (χ2n) is 7.27. The maximum atomic E-state index is 13.0. The Morgan fingerprint density at radius 1 is 0.886 bits per heavy atom. The molecule has 4 rings (SSSR count). The standard InChI is InChI=1S/C24H13BrCl4N2O4/c25-18-8-12(9-20(29)21(18)35-11-13-1-2-15(27)10-19(13)28)7-17-22(32)30-24(34)31(23(17)33)16-5-3-14(26)4-6-16/h1-10H,11H2,(H,30,32,34)/b17-7+. The van der Waals surface area contributed by atoms with Crippen molar-refractivity contribution >= 4 is 91.9 Å². The molecule has 0 saturated carbocycles. The molecule has 178 valence electrons.